The Labute approximate surface area is 64.3 Å². The molecule has 0 saturated carbocycles. The quantitative estimate of drug-likeness (QED) is 0.440. The van der Waals surface area contributed by atoms with Crippen LogP contribution in [0.4, 0.5) is 0 Å². The monoisotopic (exact) mass is 188 g/mol. The topological polar surface area (TPSA) is 162 Å². The Morgan fingerprint density at radius 2 is 1.64 bits per heavy atom. The van der Waals surface area contributed by atoms with E-state index in [0.717, 1.165) is 0 Å². The van der Waals surface area contributed by atoms with Gasteiger partial charge in [0.05, 0.1) is 12.2 Å². The molecule has 0 aromatic carbocycles. The van der Waals surface area contributed by atoms with E-state index < -0.39 is 28.3 Å². The van der Waals surface area contributed by atoms with Crippen molar-refractivity contribution in [1.29, 1.82) is 0 Å². The van der Waals surface area contributed by atoms with E-state index in [1.165, 1.54) is 0 Å². The summed E-state index contributed by atoms with van der Waals surface area (Å²) in [6, 6.07) is 0. The minimum atomic E-state index is -4.10. The summed E-state index contributed by atoms with van der Waals surface area (Å²) in [6.07, 6.45) is -0.557. The molecule has 11 heavy (non-hydrogen) atoms. The third-order valence-electron chi connectivity index (χ3n) is 0.574. The Kier molecular flexibility index (Phi) is 9.18. The van der Waals surface area contributed by atoms with Crippen LogP contribution in [0.15, 0.2) is 0 Å². The van der Waals surface area contributed by atoms with Gasteiger partial charge in [-0.2, -0.15) is 8.42 Å². The number of carboxylic acids is 1. The molecule has 8 N–H and O–H groups in total. The lowest BCUT2D eigenvalue weighted by atomic mass is 10.5. The molecule has 8 heteroatoms. The predicted octanol–water partition coefficient (Wildman–Crippen LogP) is -0.327. The molecule has 0 aliphatic carbocycles. The van der Waals surface area contributed by atoms with E-state index in [-0.39, 0.29) is 12.3 Å². The van der Waals surface area contributed by atoms with Crippen LogP contribution in [0.3, 0.4) is 0 Å². The standard InChI is InChI=1S/C3H6O5S.2H3N/c4-3(5)1-2-9(6,7)8;;/h1-2H2,(H,4,5)(H,6,7,8);2*1H3. The van der Waals surface area contributed by atoms with E-state index in [0.29, 0.717) is 0 Å². The maximum atomic E-state index is 9.83. The maximum absolute atomic E-state index is 9.83. The Hall–Kier alpha value is -0.700. The number of carbonyl (C=O) groups is 1. The van der Waals surface area contributed by atoms with Crippen LogP contribution in [0.1, 0.15) is 6.42 Å². The van der Waals surface area contributed by atoms with Gasteiger partial charge < -0.3 is 17.4 Å². The highest BCUT2D eigenvalue weighted by Crippen LogP contribution is 1.86. The lowest BCUT2D eigenvalue weighted by molar-refractivity contribution is -0.136. The third kappa shape index (κ3) is 17.6. The summed E-state index contributed by atoms with van der Waals surface area (Å²) in [5.74, 6) is -1.96. The Balaban J connectivity index is -0.000000320. The van der Waals surface area contributed by atoms with Gasteiger partial charge in [-0.05, 0) is 0 Å². The lowest BCUT2D eigenvalue weighted by Crippen LogP contribution is -2.08. The summed E-state index contributed by atoms with van der Waals surface area (Å²) in [5.41, 5.74) is 0. The van der Waals surface area contributed by atoms with Gasteiger partial charge in [-0.25, -0.2) is 0 Å². The zero-order valence-electron chi connectivity index (χ0n) is 5.86. The molecular formula is C3H12N2O5S. The highest BCUT2D eigenvalue weighted by molar-refractivity contribution is 7.85. The fourth-order valence-electron chi connectivity index (χ4n) is 0.216. The molecular weight excluding hydrogens is 176 g/mol. The van der Waals surface area contributed by atoms with Crippen LogP contribution in [0.2, 0.25) is 0 Å². The average Bonchev–Trinajstić information content (AvgIpc) is 1.59. The highest BCUT2D eigenvalue weighted by atomic mass is 32.2. The van der Waals surface area contributed by atoms with Crippen LogP contribution in [-0.2, 0) is 14.9 Å². The molecule has 0 rings (SSSR count). The zero-order chi connectivity index (χ0) is 7.49. The summed E-state index contributed by atoms with van der Waals surface area (Å²) in [4.78, 5) is 9.67. The molecule has 70 valence electrons. The van der Waals surface area contributed by atoms with E-state index in [2.05, 4.69) is 0 Å². The molecule has 0 bridgehead atoms. The van der Waals surface area contributed by atoms with Crippen molar-refractivity contribution in [3.8, 4) is 0 Å². The molecule has 0 aliphatic rings. The van der Waals surface area contributed by atoms with Crippen LogP contribution < -0.4 is 12.3 Å². The van der Waals surface area contributed by atoms with Crippen LogP contribution in [0.25, 0.3) is 0 Å². The SMILES string of the molecule is N.N.O=C(O)CCS(=O)(=O)O. The minimum absolute atomic E-state index is 0. The molecule has 0 spiro atoms. The van der Waals surface area contributed by atoms with Crippen molar-refractivity contribution in [3.63, 3.8) is 0 Å². The number of hydrogen-bond donors (Lipinski definition) is 4. The fourth-order valence-corrected chi connectivity index (χ4v) is 0.649. The number of aliphatic carboxylic acids is 1. The molecule has 0 radical (unpaired) electrons. The molecule has 0 aliphatic heterocycles. The van der Waals surface area contributed by atoms with Gasteiger partial charge in [-0.1, -0.05) is 0 Å². The Bertz CT molecular complexity index is 198. The molecule has 0 aromatic heterocycles. The summed E-state index contributed by atoms with van der Waals surface area (Å²) < 4.78 is 27.6. The number of carboxylic acid groups (broad SMARTS) is 1. The van der Waals surface area contributed by atoms with Crippen LogP contribution in [0.5, 0.6) is 0 Å². The first kappa shape index (κ1) is 16.7. The van der Waals surface area contributed by atoms with Crippen molar-refractivity contribution in [1.82, 2.24) is 12.3 Å². The third-order valence-corrected chi connectivity index (χ3v) is 1.29. The van der Waals surface area contributed by atoms with Crippen molar-refractivity contribution in [2.24, 2.45) is 0 Å². The summed E-state index contributed by atoms with van der Waals surface area (Å²) in [6.45, 7) is 0. The molecule has 0 fully saturated rings. The number of hydrogen-bond acceptors (Lipinski definition) is 5. The average molecular weight is 188 g/mol. The summed E-state index contributed by atoms with van der Waals surface area (Å²) in [5, 5.41) is 7.90. The van der Waals surface area contributed by atoms with E-state index >= 15 is 0 Å². The van der Waals surface area contributed by atoms with Crippen LogP contribution in [0, 0.1) is 0 Å². The van der Waals surface area contributed by atoms with Crippen molar-refractivity contribution >= 4 is 16.1 Å². The van der Waals surface area contributed by atoms with E-state index in [9.17, 15) is 13.2 Å². The molecule has 0 unspecified atom stereocenters. The van der Waals surface area contributed by atoms with Gasteiger partial charge in [-0.15, -0.1) is 0 Å². The van der Waals surface area contributed by atoms with Gasteiger partial charge in [0.25, 0.3) is 10.1 Å². The Morgan fingerprint density at radius 3 is 1.73 bits per heavy atom. The van der Waals surface area contributed by atoms with Crippen molar-refractivity contribution in [2.45, 2.75) is 6.42 Å². The van der Waals surface area contributed by atoms with Crippen molar-refractivity contribution in [2.75, 3.05) is 5.75 Å². The molecule has 7 nitrogen and oxygen atoms in total. The molecule has 0 heterocycles. The molecule has 0 atom stereocenters. The van der Waals surface area contributed by atoms with E-state index in [1.54, 1.807) is 0 Å². The van der Waals surface area contributed by atoms with Gasteiger partial charge in [0, 0.05) is 0 Å². The first-order valence-electron chi connectivity index (χ1n) is 2.09. The molecule has 0 saturated heterocycles. The predicted molar refractivity (Wildman–Crippen MR) is 38.7 cm³/mol. The lowest BCUT2D eigenvalue weighted by Gasteiger charge is -1.89. The smallest absolute Gasteiger partial charge is 0.304 e. The summed E-state index contributed by atoms with van der Waals surface area (Å²) >= 11 is 0. The second kappa shape index (κ2) is 6.04. The fraction of sp³-hybridized carbons (Fsp3) is 0.667. The summed E-state index contributed by atoms with van der Waals surface area (Å²) in [7, 11) is -4.10. The van der Waals surface area contributed by atoms with E-state index in [4.69, 9.17) is 9.66 Å². The minimum Gasteiger partial charge on any atom is -0.481 e. The van der Waals surface area contributed by atoms with Gasteiger partial charge >= 0.3 is 5.97 Å². The van der Waals surface area contributed by atoms with Crippen molar-refractivity contribution < 1.29 is 22.9 Å². The van der Waals surface area contributed by atoms with E-state index in [1.807, 2.05) is 0 Å². The first-order valence-corrected chi connectivity index (χ1v) is 3.70. The second-order valence-electron chi connectivity index (χ2n) is 1.43. The zero-order valence-corrected chi connectivity index (χ0v) is 6.67. The van der Waals surface area contributed by atoms with Crippen LogP contribution in [-0.4, -0.2) is 29.8 Å². The first-order chi connectivity index (χ1) is 3.92. The molecule has 0 amide bonds. The maximum Gasteiger partial charge on any atom is 0.304 e. The molecule has 0 aromatic rings. The van der Waals surface area contributed by atoms with Gasteiger partial charge in [0.2, 0.25) is 0 Å². The largest absolute Gasteiger partial charge is 0.481 e. The van der Waals surface area contributed by atoms with Gasteiger partial charge in [-0.3, -0.25) is 9.35 Å². The van der Waals surface area contributed by atoms with Gasteiger partial charge in [0.15, 0.2) is 0 Å². The highest BCUT2D eigenvalue weighted by Gasteiger charge is 2.06. The van der Waals surface area contributed by atoms with Crippen LogP contribution >= 0.6 is 0 Å². The number of rotatable bonds is 3. The Morgan fingerprint density at radius 1 is 1.27 bits per heavy atom. The van der Waals surface area contributed by atoms with Crippen molar-refractivity contribution in [3.05, 3.63) is 0 Å². The second-order valence-corrected chi connectivity index (χ2v) is 3.00. The normalized spacial score (nSPS) is 9.18. The van der Waals surface area contributed by atoms with Gasteiger partial charge in [0.1, 0.15) is 0 Å².